The molecule has 2 aromatic rings. The third-order valence-electron chi connectivity index (χ3n) is 2.95. The van der Waals surface area contributed by atoms with E-state index in [9.17, 15) is 5.11 Å². The Hall–Kier alpha value is -1.13. The lowest BCUT2D eigenvalue weighted by molar-refractivity contribution is 0.272. The van der Waals surface area contributed by atoms with Gasteiger partial charge in [-0.05, 0) is 41.4 Å². The van der Waals surface area contributed by atoms with Gasteiger partial charge in [-0.15, -0.1) is 0 Å². The van der Waals surface area contributed by atoms with Crippen LogP contribution < -0.4 is 0 Å². The highest BCUT2D eigenvalue weighted by Crippen LogP contribution is 2.27. The molecule has 0 saturated carbocycles. The van der Waals surface area contributed by atoms with Crippen LogP contribution in [-0.4, -0.2) is 14.7 Å². The second-order valence-electron chi connectivity index (χ2n) is 4.21. The van der Waals surface area contributed by atoms with Crippen molar-refractivity contribution in [3.05, 3.63) is 39.6 Å². The number of rotatable bonds is 2. The van der Waals surface area contributed by atoms with E-state index in [1.165, 1.54) is 11.1 Å². The Morgan fingerprint density at radius 2 is 2.06 bits per heavy atom. The van der Waals surface area contributed by atoms with Gasteiger partial charge in [-0.25, -0.2) is 4.98 Å². The Bertz CT molecular complexity index is 561. The molecule has 17 heavy (non-hydrogen) atoms. The third kappa shape index (κ3) is 2.15. The summed E-state index contributed by atoms with van der Waals surface area (Å²) in [5.41, 5.74) is 4.28. The Labute approximate surface area is 109 Å². The molecule has 0 aliphatic heterocycles. The topological polar surface area (TPSA) is 38.1 Å². The molecule has 0 amide bonds. The van der Waals surface area contributed by atoms with E-state index in [1.54, 1.807) is 0 Å². The summed E-state index contributed by atoms with van der Waals surface area (Å²) in [6.07, 6.45) is 0. The van der Waals surface area contributed by atoms with E-state index in [0.717, 1.165) is 17.1 Å². The number of aliphatic hydroxyl groups excluding tert-OH is 1. The molecule has 0 aliphatic rings. The summed E-state index contributed by atoms with van der Waals surface area (Å²) in [5.74, 6) is 0.877. The van der Waals surface area contributed by atoms with Crippen LogP contribution in [0.1, 0.15) is 16.8 Å². The van der Waals surface area contributed by atoms with Gasteiger partial charge in [0.05, 0.1) is 12.3 Å². The first-order valence-corrected chi connectivity index (χ1v) is 6.23. The van der Waals surface area contributed by atoms with Gasteiger partial charge in [0.2, 0.25) is 0 Å². The molecule has 0 radical (unpaired) electrons. The molecule has 0 fully saturated rings. The summed E-state index contributed by atoms with van der Waals surface area (Å²) in [6, 6.07) is 6.29. The lowest BCUT2D eigenvalue weighted by Gasteiger charge is -2.08. The first-order chi connectivity index (χ1) is 8.04. The molecule has 0 unspecified atom stereocenters. The number of aromatic nitrogens is 2. The molecule has 1 aromatic carbocycles. The summed E-state index contributed by atoms with van der Waals surface area (Å²) < 4.78 is 2.63. The van der Waals surface area contributed by atoms with Crippen LogP contribution in [0.5, 0.6) is 0 Å². The second-order valence-corrected chi connectivity index (χ2v) is 4.96. The van der Waals surface area contributed by atoms with Crippen LogP contribution in [0.15, 0.2) is 22.8 Å². The van der Waals surface area contributed by atoms with E-state index in [4.69, 9.17) is 0 Å². The SMILES string of the molecule is Cc1ccc(C)c(-c2nc(Br)c(CO)n2C)c1. The van der Waals surface area contributed by atoms with Crippen LogP contribution in [0.2, 0.25) is 0 Å². The predicted molar refractivity (Wildman–Crippen MR) is 71.7 cm³/mol. The first-order valence-electron chi connectivity index (χ1n) is 5.44. The summed E-state index contributed by atoms with van der Waals surface area (Å²) in [4.78, 5) is 4.47. The fraction of sp³-hybridized carbons (Fsp3) is 0.308. The van der Waals surface area contributed by atoms with Crippen LogP contribution in [0, 0.1) is 13.8 Å². The predicted octanol–water partition coefficient (Wildman–Crippen LogP) is 2.96. The number of hydrogen-bond acceptors (Lipinski definition) is 2. The van der Waals surface area contributed by atoms with Gasteiger partial charge in [0.25, 0.3) is 0 Å². The summed E-state index contributed by atoms with van der Waals surface area (Å²) >= 11 is 3.38. The molecule has 1 aromatic heterocycles. The van der Waals surface area contributed by atoms with Crippen molar-refractivity contribution in [3.8, 4) is 11.4 Å². The molecule has 0 spiro atoms. The highest BCUT2D eigenvalue weighted by atomic mass is 79.9. The van der Waals surface area contributed by atoms with E-state index in [1.807, 2.05) is 11.6 Å². The molecule has 0 bridgehead atoms. The Kier molecular flexibility index (Phi) is 3.35. The largest absolute Gasteiger partial charge is 0.390 e. The van der Waals surface area contributed by atoms with Gasteiger partial charge in [-0.3, -0.25) is 0 Å². The molecule has 4 heteroatoms. The number of hydrogen-bond donors (Lipinski definition) is 1. The lowest BCUT2D eigenvalue weighted by Crippen LogP contribution is -1.99. The fourth-order valence-electron chi connectivity index (χ4n) is 1.89. The molecule has 0 atom stereocenters. The van der Waals surface area contributed by atoms with Gasteiger partial charge < -0.3 is 9.67 Å². The van der Waals surface area contributed by atoms with Crippen LogP contribution in [0.4, 0.5) is 0 Å². The highest BCUT2D eigenvalue weighted by Gasteiger charge is 2.14. The minimum atomic E-state index is -0.0189. The van der Waals surface area contributed by atoms with Crippen LogP contribution in [0.25, 0.3) is 11.4 Å². The molecule has 1 N–H and O–H groups in total. The minimum absolute atomic E-state index is 0.0189. The van der Waals surface area contributed by atoms with E-state index in [0.29, 0.717) is 4.60 Å². The maximum absolute atomic E-state index is 9.29. The quantitative estimate of drug-likeness (QED) is 0.925. The summed E-state index contributed by atoms with van der Waals surface area (Å²) in [5, 5.41) is 9.29. The van der Waals surface area contributed by atoms with Crippen molar-refractivity contribution in [1.29, 1.82) is 0 Å². The number of aliphatic hydroxyl groups is 1. The Morgan fingerprint density at radius 3 is 2.65 bits per heavy atom. The normalized spacial score (nSPS) is 10.9. The molecular weight excluding hydrogens is 280 g/mol. The van der Waals surface area contributed by atoms with E-state index >= 15 is 0 Å². The van der Waals surface area contributed by atoms with Crippen LogP contribution in [0.3, 0.4) is 0 Å². The average molecular weight is 295 g/mol. The number of nitrogens with zero attached hydrogens (tertiary/aromatic N) is 2. The van der Waals surface area contributed by atoms with Gasteiger partial charge >= 0.3 is 0 Å². The number of halogens is 1. The molecule has 2 rings (SSSR count). The zero-order valence-electron chi connectivity index (χ0n) is 10.2. The smallest absolute Gasteiger partial charge is 0.141 e. The summed E-state index contributed by atoms with van der Waals surface area (Å²) in [6.45, 7) is 4.11. The van der Waals surface area contributed by atoms with E-state index in [2.05, 4.69) is 53.0 Å². The van der Waals surface area contributed by atoms with Gasteiger partial charge in [-0.2, -0.15) is 0 Å². The molecular formula is C13H15BrN2O. The lowest BCUT2D eigenvalue weighted by atomic mass is 10.1. The van der Waals surface area contributed by atoms with Crippen molar-refractivity contribution >= 4 is 15.9 Å². The number of benzene rings is 1. The van der Waals surface area contributed by atoms with Crippen LogP contribution in [-0.2, 0) is 13.7 Å². The Balaban J connectivity index is 2.64. The minimum Gasteiger partial charge on any atom is -0.390 e. The molecule has 0 aliphatic carbocycles. The van der Waals surface area contributed by atoms with Crippen molar-refractivity contribution in [3.63, 3.8) is 0 Å². The van der Waals surface area contributed by atoms with Crippen LogP contribution >= 0.6 is 15.9 Å². The van der Waals surface area contributed by atoms with E-state index < -0.39 is 0 Å². The van der Waals surface area contributed by atoms with Gasteiger partial charge in [0, 0.05) is 12.6 Å². The maximum Gasteiger partial charge on any atom is 0.141 e. The number of aryl methyl sites for hydroxylation is 2. The number of imidazole rings is 1. The van der Waals surface area contributed by atoms with Gasteiger partial charge in [-0.1, -0.05) is 17.7 Å². The zero-order chi connectivity index (χ0) is 12.6. The fourth-order valence-corrected chi connectivity index (χ4v) is 2.45. The third-order valence-corrected chi connectivity index (χ3v) is 3.58. The van der Waals surface area contributed by atoms with Crippen molar-refractivity contribution < 1.29 is 5.11 Å². The molecule has 1 heterocycles. The first kappa shape index (κ1) is 12.3. The van der Waals surface area contributed by atoms with Crippen molar-refractivity contribution in [2.45, 2.75) is 20.5 Å². The van der Waals surface area contributed by atoms with Crippen molar-refractivity contribution in [2.75, 3.05) is 0 Å². The van der Waals surface area contributed by atoms with Crippen molar-refractivity contribution in [1.82, 2.24) is 9.55 Å². The maximum atomic E-state index is 9.29. The van der Waals surface area contributed by atoms with Gasteiger partial charge in [0.15, 0.2) is 0 Å². The molecule has 3 nitrogen and oxygen atoms in total. The molecule has 90 valence electrons. The second kappa shape index (κ2) is 4.63. The zero-order valence-corrected chi connectivity index (χ0v) is 11.7. The monoisotopic (exact) mass is 294 g/mol. The Morgan fingerprint density at radius 1 is 1.35 bits per heavy atom. The summed E-state index contributed by atoms with van der Waals surface area (Å²) in [7, 11) is 1.92. The van der Waals surface area contributed by atoms with Crippen molar-refractivity contribution in [2.24, 2.45) is 7.05 Å². The van der Waals surface area contributed by atoms with Gasteiger partial charge in [0.1, 0.15) is 10.4 Å². The van der Waals surface area contributed by atoms with E-state index in [-0.39, 0.29) is 6.61 Å². The highest BCUT2D eigenvalue weighted by molar-refractivity contribution is 9.10. The standard InChI is InChI=1S/C13H15BrN2O/c1-8-4-5-9(2)10(6-8)13-15-12(14)11(7-17)16(13)3/h4-6,17H,7H2,1-3H3. The average Bonchev–Trinajstić information content (AvgIpc) is 2.57. The molecule has 0 saturated heterocycles.